The third kappa shape index (κ3) is 8.57. The highest BCUT2D eigenvalue weighted by molar-refractivity contribution is 6.27. The highest BCUT2D eigenvalue weighted by atomic mass is 16.5. The molecule has 0 saturated heterocycles. The molecule has 0 unspecified atom stereocenters. The Morgan fingerprint density at radius 3 is 2.03 bits per heavy atom. The molecule has 2 rings (SSSR count). The molecule has 0 aliphatic carbocycles. The molecule has 0 aliphatic heterocycles. The van der Waals surface area contributed by atoms with Crippen LogP contribution in [-0.2, 0) is 9.59 Å². The van der Waals surface area contributed by atoms with E-state index in [0.717, 1.165) is 29.8 Å². The first-order valence-corrected chi connectivity index (χ1v) is 9.06. The number of rotatable bonds is 7. The van der Waals surface area contributed by atoms with Crippen molar-refractivity contribution in [3.63, 3.8) is 0 Å². The smallest absolute Gasteiger partial charge is 0.414 e. The van der Waals surface area contributed by atoms with Crippen LogP contribution in [0, 0.1) is 6.92 Å². The summed E-state index contributed by atoms with van der Waals surface area (Å²) in [6.45, 7) is 4.51. The quantitative estimate of drug-likeness (QED) is 0.541. The van der Waals surface area contributed by atoms with Gasteiger partial charge in [0.15, 0.2) is 5.78 Å². The molecule has 0 bridgehead atoms. The van der Waals surface area contributed by atoms with E-state index in [0.29, 0.717) is 0 Å². The lowest BCUT2D eigenvalue weighted by molar-refractivity contribution is -0.159. The van der Waals surface area contributed by atoms with Crippen LogP contribution in [0.5, 0.6) is 5.75 Å². The van der Waals surface area contributed by atoms with Gasteiger partial charge in [0.2, 0.25) is 0 Å². The van der Waals surface area contributed by atoms with Crippen molar-refractivity contribution >= 4 is 17.7 Å². The van der Waals surface area contributed by atoms with Crippen LogP contribution in [0.4, 0.5) is 0 Å². The predicted molar refractivity (Wildman–Crippen MR) is 109 cm³/mol. The molecule has 0 aliphatic rings. The fourth-order valence-electron chi connectivity index (χ4n) is 2.49. The number of benzene rings is 2. The highest BCUT2D eigenvalue weighted by Gasteiger charge is 2.15. The summed E-state index contributed by atoms with van der Waals surface area (Å²) in [6.07, 6.45) is 0.908. The number of Topliss-reactive ketones (excluding diaryl/α,β-unsaturated/α-hetero) is 1. The van der Waals surface area contributed by atoms with Crippen LogP contribution in [0.25, 0.3) is 0 Å². The van der Waals surface area contributed by atoms with Crippen LogP contribution >= 0.6 is 0 Å². The summed E-state index contributed by atoms with van der Waals surface area (Å²) >= 11 is 0. The fraction of sp³-hybridized carbons (Fsp3) is 0.318. The Morgan fingerprint density at radius 1 is 1.00 bits per heavy atom. The summed E-state index contributed by atoms with van der Waals surface area (Å²) in [4.78, 5) is 31.8. The van der Waals surface area contributed by atoms with Crippen molar-refractivity contribution in [3.05, 3.63) is 65.2 Å². The van der Waals surface area contributed by atoms with Gasteiger partial charge in [-0.2, -0.15) is 0 Å². The Kier molecular flexibility index (Phi) is 9.55. The molecule has 2 N–H and O–H groups in total. The zero-order valence-corrected chi connectivity index (χ0v) is 17.1. The number of nitrogens with zero attached hydrogens (tertiary/aromatic N) is 1. The van der Waals surface area contributed by atoms with Gasteiger partial charge in [0.05, 0.1) is 0 Å². The molecule has 0 radical (unpaired) electrons. The molecule has 7 heteroatoms. The average molecular weight is 401 g/mol. The summed E-state index contributed by atoms with van der Waals surface area (Å²) in [6, 6.07) is 15.9. The van der Waals surface area contributed by atoms with Gasteiger partial charge in [-0.1, -0.05) is 30.3 Å². The number of carboxylic acids is 2. The van der Waals surface area contributed by atoms with Crippen LogP contribution < -0.4 is 4.74 Å². The van der Waals surface area contributed by atoms with E-state index in [2.05, 4.69) is 31.1 Å². The minimum absolute atomic E-state index is 0.000443. The number of ether oxygens (including phenoxy) is 1. The number of aliphatic carboxylic acids is 2. The van der Waals surface area contributed by atoms with Crippen LogP contribution in [0.15, 0.2) is 48.5 Å². The fourth-order valence-corrected chi connectivity index (χ4v) is 2.49. The van der Waals surface area contributed by atoms with Crippen LogP contribution in [0.2, 0.25) is 0 Å². The number of hydrogen-bond acceptors (Lipinski definition) is 5. The molecule has 156 valence electrons. The lowest BCUT2D eigenvalue weighted by Crippen LogP contribution is -2.19. The lowest BCUT2D eigenvalue weighted by atomic mass is 10.0. The van der Waals surface area contributed by atoms with E-state index in [1.165, 1.54) is 5.56 Å². The molecule has 0 aromatic heterocycles. The number of hydrogen-bond donors (Lipinski definition) is 2. The van der Waals surface area contributed by atoms with Crippen LogP contribution in [0.1, 0.15) is 40.9 Å². The molecule has 0 heterocycles. The van der Waals surface area contributed by atoms with E-state index in [4.69, 9.17) is 24.5 Å². The Labute approximate surface area is 170 Å². The molecule has 0 amide bonds. The second-order valence-electron chi connectivity index (χ2n) is 6.76. The Bertz CT molecular complexity index is 820. The molecule has 2 aromatic rings. The monoisotopic (exact) mass is 401 g/mol. The van der Waals surface area contributed by atoms with Crippen molar-refractivity contribution in [1.29, 1.82) is 0 Å². The Balaban J connectivity index is 0.000000612. The molecule has 0 saturated carbocycles. The molecule has 29 heavy (non-hydrogen) atoms. The van der Waals surface area contributed by atoms with Gasteiger partial charge >= 0.3 is 11.9 Å². The maximum atomic E-state index is 11.5. The molecule has 0 spiro atoms. The number of carbonyl (C=O) groups excluding carboxylic acids is 1. The SMILES string of the molecule is CC(=O)c1ccc(O[C@H](CCN(C)C)c2ccccc2)c(C)c1.O=C(O)C(=O)O. The van der Waals surface area contributed by atoms with Crippen molar-refractivity contribution in [2.24, 2.45) is 0 Å². The van der Waals surface area contributed by atoms with Gasteiger partial charge in [-0.3, -0.25) is 4.79 Å². The van der Waals surface area contributed by atoms with Crippen LogP contribution in [-0.4, -0.2) is 53.5 Å². The van der Waals surface area contributed by atoms with Crippen LogP contribution in [0.3, 0.4) is 0 Å². The summed E-state index contributed by atoms with van der Waals surface area (Å²) in [5.74, 6) is -2.74. The molecular formula is C22H27NO6. The third-order valence-electron chi connectivity index (χ3n) is 4.04. The first-order chi connectivity index (χ1) is 13.6. The van der Waals surface area contributed by atoms with Gasteiger partial charge in [-0.05, 0) is 57.3 Å². The first kappa shape index (κ1) is 23.8. The maximum Gasteiger partial charge on any atom is 0.414 e. The highest BCUT2D eigenvalue weighted by Crippen LogP contribution is 2.28. The summed E-state index contributed by atoms with van der Waals surface area (Å²) in [7, 11) is 4.13. The number of carboxylic acid groups (broad SMARTS) is 2. The Morgan fingerprint density at radius 2 is 1.59 bits per heavy atom. The number of aryl methyl sites for hydroxylation is 1. The molecule has 0 fully saturated rings. The van der Waals surface area contributed by atoms with Gasteiger partial charge in [0.25, 0.3) is 0 Å². The second kappa shape index (κ2) is 11.6. The standard InChI is InChI=1S/C20H25NO2.C2H2O4/c1-15-14-18(16(2)22)10-11-19(15)23-20(12-13-21(3)4)17-8-6-5-7-9-17;3-1(4)2(5)6/h5-11,14,20H,12-13H2,1-4H3;(H,3,4)(H,5,6)/t20-;/m1./s1. The topological polar surface area (TPSA) is 104 Å². The van der Waals surface area contributed by atoms with E-state index in [9.17, 15) is 4.79 Å². The van der Waals surface area contributed by atoms with Crippen molar-refractivity contribution in [2.75, 3.05) is 20.6 Å². The zero-order chi connectivity index (χ0) is 22.0. The minimum atomic E-state index is -1.82. The van der Waals surface area contributed by atoms with Crippen molar-refractivity contribution in [1.82, 2.24) is 4.90 Å². The Hall–Kier alpha value is -3.19. The van der Waals surface area contributed by atoms with Gasteiger partial charge in [0.1, 0.15) is 11.9 Å². The first-order valence-electron chi connectivity index (χ1n) is 9.06. The third-order valence-corrected chi connectivity index (χ3v) is 4.04. The molecular weight excluding hydrogens is 374 g/mol. The van der Waals surface area contributed by atoms with E-state index in [1.54, 1.807) is 6.92 Å². The van der Waals surface area contributed by atoms with E-state index in [-0.39, 0.29) is 11.9 Å². The van der Waals surface area contributed by atoms with Gasteiger partial charge in [-0.25, -0.2) is 9.59 Å². The van der Waals surface area contributed by atoms with E-state index >= 15 is 0 Å². The number of ketones is 1. The molecule has 1 atom stereocenters. The minimum Gasteiger partial charge on any atom is -0.485 e. The number of carbonyl (C=O) groups is 3. The predicted octanol–water partition coefficient (Wildman–Crippen LogP) is 3.43. The second-order valence-corrected chi connectivity index (χ2v) is 6.76. The van der Waals surface area contributed by atoms with Crippen molar-refractivity contribution in [2.45, 2.75) is 26.4 Å². The largest absolute Gasteiger partial charge is 0.485 e. The van der Waals surface area contributed by atoms with Gasteiger partial charge < -0.3 is 19.8 Å². The van der Waals surface area contributed by atoms with E-state index in [1.807, 2.05) is 43.3 Å². The van der Waals surface area contributed by atoms with Gasteiger partial charge in [-0.15, -0.1) is 0 Å². The molecule has 2 aromatic carbocycles. The summed E-state index contributed by atoms with van der Waals surface area (Å²) in [5.41, 5.74) is 2.88. The average Bonchev–Trinajstić information content (AvgIpc) is 2.67. The molecule has 7 nitrogen and oxygen atoms in total. The lowest BCUT2D eigenvalue weighted by Gasteiger charge is -2.22. The van der Waals surface area contributed by atoms with Crippen molar-refractivity contribution < 1.29 is 29.3 Å². The maximum absolute atomic E-state index is 11.5. The van der Waals surface area contributed by atoms with Crippen molar-refractivity contribution in [3.8, 4) is 5.75 Å². The normalized spacial score (nSPS) is 11.2. The van der Waals surface area contributed by atoms with E-state index < -0.39 is 11.9 Å². The summed E-state index contributed by atoms with van der Waals surface area (Å²) < 4.78 is 6.28. The summed E-state index contributed by atoms with van der Waals surface area (Å²) in [5, 5.41) is 14.8. The van der Waals surface area contributed by atoms with Gasteiger partial charge in [0, 0.05) is 18.5 Å². The zero-order valence-electron chi connectivity index (χ0n) is 17.1.